The third-order valence-corrected chi connectivity index (χ3v) is 5.82. The predicted octanol–water partition coefficient (Wildman–Crippen LogP) is 1.77. The molecule has 1 aromatic rings. The van der Waals surface area contributed by atoms with E-state index in [1.807, 2.05) is 0 Å². The second kappa shape index (κ2) is 7.23. The number of piperidine rings is 1. The third-order valence-electron chi connectivity index (χ3n) is 3.94. The van der Waals surface area contributed by atoms with Gasteiger partial charge in [-0.25, -0.2) is 17.5 Å². The van der Waals surface area contributed by atoms with Crippen LogP contribution in [-0.2, 0) is 14.8 Å². The van der Waals surface area contributed by atoms with Gasteiger partial charge < -0.3 is 10.1 Å². The molecular weight excluding hydrogens is 331 g/mol. The molecule has 0 aromatic heterocycles. The maximum absolute atomic E-state index is 13.1. The normalized spacial score (nSPS) is 18.3. The van der Waals surface area contributed by atoms with Crippen molar-refractivity contribution in [2.75, 3.05) is 33.4 Å². The molecule has 0 spiro atoms. The summed E-state index contributed by atoms with van der Waals surface area (Å²) in [6, 6.07) is 3.24. The van der Waals surface area contributed by atoms with Crippen molar-refractivity contribution in [1.82, 2.24) is 10.0 Å². The Labute approximate surface area is 135 Å². The van der Waals surface area contributed by atoms with Gasteiger partial charge >= 0.3 is 0 Å². The van der Waals surface area contributed by atoms with Crippen LogP contribution in [0.15, 0.2) is 23.1 Å². The summed E-state index contributed by atoms with van der Waals surface area (Å²) in [7, 11) is -2.18. The molecule has 2 N–H and O–H groups in total. The Kier molecular flexibility index (Phi) is 5.79. The molecule has 1 aromatic carbocycles. The molecule has 22 heavy (non-hydrogen) atoms. The average Bonchev–Trinajstić information content (AvgIpc) is 2.46. The maximum Gasteiger partial charge on any atom is 0.242 e. The van der Waals surface area contributed by atoms with E-state index >= 15 is 0 Å². The van der Waals surface area contributed by atoms with Crippen LogP contribution < -0.4 is 10.0 Å². The first-order chi connectivity index (χ1) is 10.4. The van der Waals surface area contributed by atoms with Crippen molar-refractivity contribution in [1.29, 1.82) is 0 Å². The number of halogens is 2. The maximum atomic E-state index is 13.1. The summed E-state index contributed by atoms with van der Waals surface area (Å²) in [5.41, 5.74) is -0.237. The Bertz CT molecular complexity index is 613. The van der Waals surface area contributed by atoms with Crippen molar-refractivity contribution >= 4 is 21.6 Å². The summed E-state index contributed by atoms with van der Waals surface area (Å²) in [4.78, 5) is -0.114. The molecule has 0 atom stereocenters. The summed E-state index contributed by atoms with van der Waals surface area (Å²) in [5.74, 6) is -0.571. The largest absolute Gasteiger partial charge is 0.384 e. The van der Waals surface area contributed by atoms with Gasteiger partial charge in [0.25, 0.3) is 0 Å². The number of rotatable bonds is 6. The van der Waals surface area contributed by atoms with Crippen molar-refractivity contribution < 1.29 is 17.5 Å². The Morgan fingerprint density at radius 1 is 1.41 bits per heavy atom. The number of sulfonamides is 1. The molecule has 0 bridgehead atoms. The fourth-order valence-corrected chi connectivity index (χ4v) is 4.34. The van der Waals surface area contributed by atoms with E-state index in [4.69, 9.17) is 16.3 Å². The van der Waals surface area contributed by atoms with Crippen LogP contribution >= 0.6 is 11.6 Å². The highest BCUT2D eigenvalue weighted by Crippen LogP contribution is 2.29. The van der Waals surface area contributed by atoms with E-state index in [2.05, 4.69) is 10.0 Å². The van der Waals surface area contributed by atoms with Gasteiger partial charge in [-0.2, -0.15) is 0 Å². The van der Waals surface area contributed by atoms with Crippen LogP contribution in [0.2, 0.25) is 5.02 Å². The van der Waals surface area contributed by atoms with Crippen molar-refractivity contribution in [3.8, 4) is 0 Å². The van der Waals surface area contributed by atoms with E-state index in [0.29, 0.717) is 6.61 Å². The molecule has 1 fully saturated rings. The molecule has 124 valence electrons. The van der Waals surface area contributed by atoms with Crippen LogP contribution in [-0.4, -0.2) is 41.8 Å². The molecule has 1 saturated heterocycles. The molecule has 0 amide bonds. The molecule has 0 saturated carbocycles. The van der Waals surface area contributed by atoms with Crippen molar-refractivity contribution in [2.24, 2.45) is 5.41 Å². The first-order valence-corrected chi connectivity index (χ1v) is 8.89. The summed E-state index contributed by atoms with van der Waals surface area (Å²) >= 11 is 5.84. The summed E-state index contributed by atoms with van der Waals surface area (Å²) in [6.45, 7) is 2.39. The molecule has 1 aliphatic heterocycles. The zero-order valence-corrected chi connectivity index (χ0v) is 13.9. The van der Waals surface area contributed by atoms with E-state index in [0.717, 1.165) is 38.1 Å². The van der Waals surface area contributed by atoms with Gasteiger partial charge in [0.1, 0.15) is 10.7 Å². The van der Waals surface area contributed by atoms with Gasteiger partial charge in [-0.15, -0.1) is 0 Å². The summed E-state index contributed by atoms with van der Waals surface area (Å²) in [6.07, 6.45) is 1.64. The minimum Gasteiger partial charge on any atom is -0.384 e. The van der Waals surface area contributed by atoms with E-state index in [1.54, 1.807) is 7.11 Å². The number of hydrogen-bond acceptors (Lipinski definition) is 4. The second-order valence-electron chi connectivity index (χ2n) is 5.58. The van der Waals surface area contributed by atoms with Crippen LogP contribution in [0.5, 0.6) is 0 Å². The Morgan fingerprint density at radius 2 is 2.09 bits per heavy atom. The number of methoxy groups -OCH3 is 1. The molecule has 2 rings (SSSR count). The van der Waals surface area contributed by atoms with Crippen molar-refractivity contribution in [3.63, 3.8) is 0 Å². The van der Waals surface area contributed by atoms with Gasteiger partial charge in [0.05, 0.1) is 11.6 Å². The van der Waals surface area contributed by atoms with Crippen LogP contribution in [0.3, 0.4) is 0 Å². The van der Waals surface area contributed by atoms with E-state index < -0.39 is 15.8 Å². The lowest BCUT2D eigenvalue weighted by molar-refractivity contribution is 0.0577. The zero-order chi connectivity index (χ0) is 16.2. The lowest BCUT2D eigenvalue weighted by atomic mass is 9.80. The lowest BCUT2D eigenvalue weighted by Crippen LogP contribution is -2.47. The third kappa shape index (κ3) is 4.17. The molecule has 1 heterocycles. The van der Waals surface area contributed by atoms with Crippen molar-refractivity contribution in [3.05, 3.63) is 29.0 Å². The topological polar surface area (TPSA) is 67.4 Å². The van der Waals surface area contributed by atoms with E-state index in [1.165, 1.54) is 6.07 Å². The van der Waals surface area contributed by atoms with Gasteiger partial charge in [-0.3, -0.25) is 0 Å². The standard InChI is InChI=1S/C14H20ClFN2O3S/c1-21-10-14(4-6-17-7-5-14)9-18-22(19,20)13-3-2-11(16)8-12(13)15/h2-3,8,17-18H,4-7,9-10H2,1H3. The van der Waals surface area contributed by atoms with Gasteiger partial charge in [0, 0.05) is 19.1 Å². The lowest BCUT2D eigenvalue weighted by Gasteiger charge is -2.37. The van der Waals surface area contributed by atoms with Gasteiger partial charge in [-0.05, 0) is 44.1 Å². The van der Waals surface area contributed by atoms with Crippen LogP contribution in [0, 0.1) is 11.2 Å². The number of benzene rings is 1. The Morgan fingerprint density at radius 3 is 2.68 bits per heavy atom. The Balaban J connectivity index is 2.14. The smallest absolute Gasteiger partial charge is 0.242 e. The quantitative estimate of drug-likeness (QED) is 0.820. The molecule has 0 aliphatic carbocycles. The average molecular weight is 351 g/mol. The second-order valence-corrected chi connectivity index (χ2v) is 7.72. The fraction of sp³-hybridized carbons (Fsp3) is 0.571. The highest BCUT2D eigenvalue weighted by atomic mass is 35.5. The van der Waals surface area contributed by atoms with Crippen molar-refractivity contribution in [2.45, 2.75) is 17.7 Å². The van der Waals surface area contributed by atoms with Crippen LogP contribution in [0.1, 0.15) is 12.8 Å². The highest BCUT2D eigenvalue weighted by Gasteiger charge is 2.34. The first kappa shape index (κ1) is 17.6. The zero-order valence-electron chi connectivity index (χ0n) is 12.4. The molecular formula is C14H20ClFN2O3S. The summed E-state index contributed by atoms with van der Waals surface area (Å²) in [5, 5.41) is 3.12. The van der Waals surface area contributed by atoms with E-state index in [-0.39, 0.29) is 21.9 Å². The SMILES string of the molecule is COCC1(CNS(=O)(=O)c2ccc(F)cc2Cl)CCNCC1. The van der Waals surface area contributed by atoms with Gasteiger partial charge in [-0.1, -0.05) is 11.6 Å². The number of hydrogen-bond donors (Lipinski definition) is 2. The molecule has 0 radical (unpaired) electrons. The molecule has 8 heteroatoms. The number of nitrogens with one attached hydrogen (secondary N) is 2. The minimum absolute atomic E-state index is 0.114. The van der Waals surface area contributed by atoms with Gasteiger partial charge in [0.15, 0.2) is 0 Å². The van der Waals surface area contributed by atoms with Crippen LogP contribution in [0.25, 0.3) is 0 Å². The number of ether oxygens (including phenoxy) is 1. The van der Waals surface area contributed by atoms with Gasteiger partial charge in [0.2, 0.25) is 10.0 Å². The molecule has 5 nitrogen and oxygen atoms in total. The monoisotopic (exact) mass is 350 g/mol. The van der Waals surface area contributed by atoms with Crippen LogP contribution in [0.4, 0.5) is 4.39 Å². The predicted molar refractivity (Wildman–Crippen MR) is 83.0 cm³/mol. The Hall–Kier alpha value is -0.730. The summed E-state index contributed by atoms with van der Waals surface area (Å²) < 4.78 is 45.7. The molecule has 1 aliphatic rings. The minimum atomic E-state index is -3.79. The fourth-order valence-electron chi connectivity index (χ4n) is 2.65. The highest BCUT2D eigenvalue weighted by molar-refractivity contribution is 7.89. The van der Waals surface area contributed by atoms with E-state index in [9.17, 15) is 12.8 Å². The first-order valence-electron chi connectivity index (χ1n) is 7.03. The molecule has 0 unspecified atom stereocenters.